The highest BCUT2D eigenvalue weighted by Crippen LogP contribution is 2.30. The molecule has 1 aromatic carbocycles. The van der Waals surface area contributed by atoms with Crippen molar-refractivity contribution in [3.05, 3.63) is 35.9 Å². The van der Waals surface area contributed by atoms with Gasteiger partial charge in [0.25, 0.3) is 0 Å². The first kappa shape index (κ1) is 40.0. The minimum atomic E-state index is -2.59. The van der Waals surface area contributed by atoms with Gasteiger partial charge in [0.2, 0.25) is 0 Å². The van der Waals surface area contributed by atoms with Crippen LogP contribution in [0.5, 0.6) is 0 Å². The van der Waals surface area contributed by atoms with E-state index in [9.17, 15) is 14.5 Å². The first-order chi connectivity index (χ1) is 20.9. The number of unbranched alkanes of at least 4 members (excludes halogenated alkanes) is 14. The first-order valence-electron chi connectivity index (χ1n) is 17.2. The monoisotopic (exact) mass is 641 g/mol. The van der Waals surface area contributed by atoms with Gasteiger partial charge in [0, 0.05) is 0 Å². The largest absolute Gasteiger partial charge is 0.472 e. The lowest BCUT2D eigenvalue weighted by molar-refractivity contribution is -0.259. The van der Waals surface area contributed by atoms with E-state index in [0.29, 0.717) is 12.3 Å². The Morgan fingerprint density at radius 2 is 1.30 bits per heavy atom. The number of benzene rings is 1. The molecule has 0 saturated heterocycles. The maximum Gasteiger partial charge on any atom is 0.472 e. The first-order valence-corrected chi connectivity index (χ1v) is 18.6. The standard InChI is InChI=1S/C35H61O6PS/c1-4-7-9-11-12-13-14-15-16-18-21-25-30(24-20-17-10-8-5-2)28-33(43)40-32(6-3)41-35(37,42-38)34(36)39-29-31-26-22-19-23-27-31/h19,22-23,26-27,30,32-33,37,43H,4-18,20-21,24-25,28-29H2,1-3H3/p+1. The third-order valence-corrected chi connectivity index (χ3v) is 8.97. The van der Waals surface area contributed by atoms with Gasteiger partial charge in [0.1, 0.15) is 12.0 Å². The molecule has 0 aliphatic rings. The zero-order chi connectivity index (χ0) is 31.6. The maximum atomic E-state index is 12.6. The number of carbonyl (C=O) groups excluding carboxylic acids is 1. The third kappa shape index (κ3) is 19.9. The second kappa shape index (κ2) is 26.3. The summed E-state index contributed by atoms with van der Waals surface area (Å²) in [5.41, 5.74) is -2.25. The zero-order valence-corrected chi connectivity index (χ0v) is 29.3. The van der Waals surface area contributed by atoms with E-state index in [4.69, 9.17) is 26.8 Å². The Bertz CT molecular complexity index is 813. The number of rotatable bonds is 29. The smallest absolute Gasteiger partial charge is 0.453 e. The van der Waals surface area contributed by atoms with Gasteiger partial charge in [-0.3, -0.25) is 4.74 Å². The highest BCUT2D eigenvalue weighted by atomic mass is 32.1. The van der Waals surface area contributed by atoms with E-state index in [1.807, 2.05) is 25.1 Å². The van der Waals surface area contributed by atoms with Crippen molar-refractivity contribution in [2.75, 3.05) is 0 Å². The molecule has 8 heteroatoms. The van der Waals surface area contributed by atoms with Gasteiger partial charge in [0.15, 0.2) is 6.29 Å². The fraction of sp³-hybridized carbons (Fsp3) is 0.800. The number of hydrogen-bond acceptors (Lipinski definition) is 7. The molecular formula is C35H62O6PS+. The number of aliphatic hydroxyl groups is 1. The lowest BCUT2D eigenvalue weighted by Crippen LogP contribution is -2.42. The van der Waals surface area contributed by atoms with Crippen molar-refractivity contribution in [2.24, 2.45) is 5.92 Å². The van der Waals surface area contributed by atoms with Crippen molar-refractivity contribution < 1.29 is 28.7 Å². The molecule has 5 unspecified atom stereocenters. The van der Waals surface area contributed by atoms with Crippen LogP contribution >= 0.6 is 21.1 Å². The van der Waals surface area contributed by atoms with Crippen LogP contribution in [-0.2, 0) is 30.2 Å². The van der Waals surface area contributed by atoms with E-state index in [1.54, 1.807) is 12.1 Å². The summed E-state index contributed by atoms with van der Waals surface area (Å²) in [6.45, 7) is 6.27. The normalized spacial score (nSPS) is 15.2. The molecule has 248 valence electrons. The van der Waals surface area contributed by atoms with Gasteiger partial charge in [-0.2, -0.15) is 0 Å². The molecule has 0 aromatic heterocycles. The Hall–Kier alpha value is -0.980. The Kier molecular flexibility index (Phi) is 24.5. The summed E-state index contributed by atoms with van der Waals surface area (Å²) in [5, 5.41) is 10.7. The lowest BCUT2D eigenvalue weighted by atomic mass is 9.91. The fourth-order valence-electron chi connectivity index (χ4n) is 5.36. The predicted octanol–water partition coefficient (Wildman–Crippen LogP) is 10.5. The molecule has 1 aromatic rings. The number of thiol groups is 1. The molecule has 0 aliphatic carbocycles. The lowest BCUT2D eigenvalue weighted by Gasteiger charge is -2.26. The summed E-state index contributed by atoms with van der Waals surface area (Å²) in [4.78, 5) is 12.6. The van der Waals surface area contributed by atoms with E-state index in [1.165, 1.54) is 103 Å². The average Bonchev–Trinajstić information content (AvgIpc) is 3.02. The van der Waals surface area contributed by atoms with Crippen LogP contribution in [-0.4, -0.2) is 28.3 Å². The summed E-state index contributed by atoms with van der Waals surface area (Å²) in [5.74, 6) is -0.597. The molecule has 6 nitrogen and oxygen atoms in total. The topological polar surface area (TPSA) is 82.1 Å². The van der Waals surface area contributed by atoms with Gasteiger partial charge in [-0.05, 0) is 24.3 Å². The van der Waals surface area contributed by atoms with Crippen molar-refractivity contribution >= 4 is 27.1 Å². The van der Waals surface area contributed by atoms with Crippen LogP contribution in [0.3, 0.4) is 0 Å². The minimum Gasteiger partial charge on any atom is -0.453 e. The molecule has 0 heterocycles. The van der Waals surface area contributed by atoms with Crippen LogP contribution in [0.2, 0.25) is 0 Å². The van der Waals surface area contributed by atoms with E-state index in [-0.39, 0.29) is 6.61 Å². The molecule has 1 rings (SSSR count). The minimum absolute atomic E-state index is 0.0539. The van der Waals surface area contributed by atoms with Crippen LogP contribution < -0.4 is 0 Å². The van der Waals surface area contributed by atoms with Crippen LogP contribution in [0.15, 0.2) is 30.3 Å². The van der Waals surface area contributed by atoms with Crippen LogP contribution in [0.1, 0.15) is 155 Å². The Labute approximate surface area is 270 Å². The van der Waals surface area contributed by atoms with Gasteiger partial charge < -0.3 is 14.6 Å². The molecular weight excluding hydrogens is 579 g/mol. The number of carbonyl (C=O) groups is 1. The van der Waals surface area contributed by atoms with Crippen molar-refractivity contribution in [3.8, 4) is 0 Å². The second-order valence-electron chi connectivity index (χ2n) is 12.0. The fourth-order valence-corrected chi connectivity index (χ4v) is 6.13. The molecule has 0 aliphatic heterocycles. The summed E-state index contributed by atoms with van der Waals surface area (Å²) < 4.78 is 28.6. The molecule has 1 N–H and O–H groups in total. The number of hydrogen-bond donors (Lipinski definition) is 2. The number of esters is 1. The highest BCUT2D eigenvalue weighted by Gasteiger charge is 2.51. The Balaban J connectivity index is 2.52. The molecule has 0 bridgehead atoms. The predicted molar refractivity (Wildman–Crippen MR) is 182 cm³/mol. The van der Waals surface area contributed by atoms with Crippen molar-refractivity contribution in [1.82, 2.24) is 0 Å². The highest BCUT2D eigenvalue weighted by molar-refractivity contribution is 7.80. The SMILES string of the molecule is CCCCCCCCCCCCCC(CCCCCCC)CC(S)OC(CC)OC(O)([PH+]=O)C(=O)OCc1ccccc1. The molecule has 43 heavy (non-hydrogen) atoms. The zero-order valence-electron chi connectivity index (χ0n) is 27.4. The average molecular weight is 642 g/mol. The van der Waals surface area contributed by atoms with Crippen molar-refractivity contribution in [1.29, 1.82) is 0 Å². The summed E-state index contributed by atoms with van der Waals surface area (Å²) in [6, 6.07) is 9.10. The summed E-state index contributed by atoms with van der Waals surface area (Å²) in [6.07, 6.45) is 23.4. The van der Waals surface area contributed by atoms with Crippen LogP contribution in [0.4, 0.5) is 0 Å². The van der Waals surface area contributed by atoms with Gasteiger partial charge in [-0.25, -0.2) is 4.79 Å². The van der Waals surface area contributed by atoms with Crippen LogP contribution in [0, 0.1) is 5.92 Å². The van der Waals surface area contributed by atoms with Crippen molar-refractivity contribution in [3.63, 3.8) is 0 Å². The maximum absolute atomic E-state index is 12.6. The molecule has 5 atom stereocenters. The van der Waals surface area contributed by atoms with Crippen LogP contribution in [0.25, 0.3) is 0 Å². The molecule has 0 amide bonds. The quantitative estimate of drug-likeness (QED) is 0.0298. The van der Waals surface area contributed by atoms with E-state index >= 15 is 0 Å². The second-order valence-corrected chi connectivity index (χ2v) is 13.4. The molecule has 0 radical (unpaired) electrons. The molecule has 0 spiro atoms. The molecule has 0 saturated carbocycles. The summed E-state index contributed by atoms with van der Waals surface area (Å²) in [7, 11) is -1.46. The van der Waals surface area contributed by atoms with E-state index < -0.39 is 31.7 Å². The van der Waals surface area contributed by atoms with Gasteiger partial charge in [-0.1, -0.05) is 171 Å². The van der Waals surface area contributed by atoms with Gasteiger partial charge in [-0.15, -0.1) is 12.6 Å². The van der Waals surface area contributed by atoms with Gasteiger partial charge >= 0.3 is 20.0 Å². The van der Waals surface area contributed by atoms with E-state index in [0.717, 1.165) is 24.8 Å². The summed E-state index contributed by atoms with van der Waals surface area (Å²) >= 11 is 4.72. The molecule has 0 fully saturated rings. The van der Waals surface area contributed by atoms with E-state index in [2.05, 4.69) is 13.8 Å². The Morgan fingerprint density at radius 1 is 0.814 bits per heavy atom. The van der Waals surface area contributed by atoms with Crippen molar-refractivity contribution in [2.45, 2.75) is 173 Å². The van der Waals surface area contributed by atoms with Gasteiger partial charge in [0.05, 0.1) is 0 Å². The number of ether oxygens (including phenoxy) is 3. The Morgan fingerprint density at radius 3 is 1.77 bits per heavy atom. The third-order valence-electron chi connectivity index (χ3n) is 8.04.